The minimum Gasteiger partial charge on any atom is -0.378 e. The van der Waals surface area contributed by atoms with Gasteiger partial charge < -0.3 is 5.32 Å². The molecule has 0 aromatic heterocycles. The molecule has 2 aromatic carbocycles. The third-order valence-electron chi connectivity index (χ3n) is 4.14. The summed E-state index contributed by atoms with van der Waals surface area (Å²) in [5, 5.41) is 3.49. The first-order chi connectivity index (χ1) is 9.75. The topological polar surface area (TPSA) is 12.0 Å². The number of hydrogen-bond acceptors (Lipinski definition) is 1. The molecule has 20 heavy (non-hydrogen) atoms. The molecule has 2 heteroatoms. The first-order valence-corrected chi connectivity index (χ1v) is 7.37. The molecule has 1 unspecified atom stereocenters. The summed E-state index contributed by atoms with van der Waals surface area (Å²) in [5.74, 6) is -0.141. The molecule has 2 aromatic rings. The van der Waals surface area contributed by atoms with E-state index in [9.17, 15) is 4.39 Å². The van der Waals surface area contributed by atoms with Gasteiger partial charge in [0.25, 0.3) is 0 Å². The molecular weight excluding hydrogens is 249 g/mol. The third kappa shape index (κ3) is 2.55. The maximum atomic E-state index is 13.8. The zero-order valence-electron chi connectivity index (χ0n) is 11.8. The van der Waals surface area contributed by atoms with Crippen molar-refractivity contribution in [3.8, 4) is 0 Å². The van der Waals surface area contributed by atoms with Crippen LogP contribution < -0.4 is 5.32 Å². The largest absolute Gasteiger partial charge is 0.378 e. The monoisotopic (exact) mass is 269 g/mol. The van der Waals surface area contributed by atoms with Crippen molar-refractivity contribution in [3.05, 3.63) is 65.0 Å². The van der Waals surface area contributed by atoms with Gasteiger partial charge in [0.1, 0.15) is 5.82 Å². The lowest BCUT2D eigenvalue weighted by molar-refractivity contribution is 0.600. The Hall–Kier alpha value is -1.83. The third-order valence-corrected chi connectivity index (χ3v) is 4.14. The molecule has 1 N–H and O–H groups in total. The number of benzene rings is 2. The first-order valence-electron chi connectivity index (χ1n) is 7.37. The molecule has 104 valence electrons. The first kappa shape index (κ1) is 13.2. The second-order valence-corrected chi connectivity index (χ2v) is 5.54. The molecule has 0 saturated carbocycles. The van der Waals surface area contributed by atoms with Gasteiger partial charge >= 0.3 is 0 Å². The lowest BCUT2D eigenvalue weighted by atomic mass is 9.90. The molecule has 0 radical (unpaired) electrons. The lowest BCUT2D eigenvalue weighted by Crippen LogP contribution is -2.12. The average molecular weight is 269 g/mol. The Kier molecular flexibility index (Phi) is 3.72. The molecule has 0 fully saturated rings. The number of halogens is 1. The number of nitrogens with one attached hydrogen (secondary N) is 1. The molecule has 0 bridgehead atoms. The van der Waals surface area contributed by atoms with E-state index in [0.29, 0.717) is 0 Å². The van der Waals surface area contributed by atoms with Crippen LogP contribution in [0.4, 0.5) is 10.1 Å². The van der Waals surface area contributed by atoms with Gasteiger partial charge in [-0.1, -0.05) is 30.3 Å². The fourth-order valence-electron chi connectivity index (χ4n) is 3.05. The SMILES string of the molecule is CC(Nc1cccc2c1CCCC2)c1ccccc1F. The van der Waals surface area contributed by atoms with Crippen molar-refractivity contribution in [1.82, 2.24) is 0 Å². The summed E-state index contributed by atoms with van der Waals surface area (Å²) < 4.78 is 13.8. The molecule has 0 spiro atoms. The number of aryl methyl sites for hydroxylation is 1. The van der Waals surface area contributed by atoms with Gasteiger partial charge in [0, 0.05) is 11.3 Å². The Bertz CT molecular complexity index is 606. The molecule has 3 rings (SSSR count). The highest BCUT2D eigenvalue weighted by molar-refractivity contribution is 5.56. The normalized spacial score (nSPS) is 15.5. The summed E-state index contributed by atoms with van der Waals surface area (Å²) in [6.07, 6.45) is 4.82. The zero-order chi connectivity index (χ0) is 13.9. The Morgan fingerprint density at radius 2 is 1.80 bits per heavy atom. The molecular formula is C18H20FN. The Morgan fingerprint density at radius 1 is 1.00 bits per heavy atom. The van der Waals surface area contributed by atoms with Crippen LogP contribution in [0.15, 0.2) is 42.5 Å². The van der Waals surface area contributed by atoms with E-state index in [1.165, 1.54) is 36.5 Å². The Labute approximate surface area is 119 Å². The fraction of sp³-hybridized carbons (Fsp3) is 0.333. The van der Waals surface area contributed by atoms with Crippen LogP contribution >= 0.6 is 0 Å². The molecule has 1 nitrogen and oxygen atoms in total. The van der Waals surface area contributed by atoms with Gasteiger partial charge in [-0.2, -0.15) is 0 Å². The molecule has 1 atom stereocenters. The summed E-state index contributed by atoms with van der Waals surface area (Å²) in [6, 6.07) is 13.4. The van der Waals surface area contributed by atoms with Crippen LogP contribution in [0, 0.1) is 5.82 Å². The summed E-state index contributed by atoms with van der Waals surface area (Å²) in [7, 11) is 0. The number of anilines is 1. The van der Waals surface area contributed by atoms with E-state index in [4.69, 9.17) is 0 Å². The van der Waals surface area contributed by atoms with Gasteiger partial charge in [-0.3, -0.25) is 0 Å². The van der Waals surface area contributed by atoms with Crippen LogP contribution in [0.1, 0.15) is 42.5 Å². The summed E-state index contributed by atoms with van der Waals surface area (Å²) in [4.78, 5) is 0. The van der Waals surface area contributed by atoms with Gasteiger partial charge in [-0.05, 0) is 55.9 Å². The second kappa shape index (κ2) is 5.66. The van der Waals surface area contributed by atoms with Crippen LogP contribution in [0.5, 0.6) is 0 Å². The van der Waals surface area contributed by atoms with Crippen molar-refractivity contribution in [2.45, 2.75) is 38.6 Å². The van der Waals surface area contributed by atoms with Crippen LogP contribution in [0.2, 0.25) is 0 Å². The maximum absolute atomic E-state index is 13.8. The fourth-order valence-corrected chi connectivity index (χ4v) is 3.05. The molecule has 0 amide bonds. The van der Waals surface area contributed by atoms with Gasteiger partial charge in [0.15, 0.2) is 0 Å². The lowest BCUT2D eigenvalue weighted by Gasteiger charge is -2.23. The van der Waals surface area contributed by atoms with Gasteiger partial charge in [0.05, 0.1) is 6.04 Å². The Morgan fingerprint density at radius 3 is 2.65 bits per heavy atom. The van der Waals surface area contributed by atoms with Crippen LogP contribution in [0.3, 0.4) is 0 Å². The second-order valence-electron chi connectivity index (χ2n) is 5.54. The van der Waals surface area contributed by atoms with Gasteiger partial charge in [0.2, 0.25) is 0 Å². The number of hydrogen-bond donors (Lipinski definition) is 1. The summed E-state index contributed by atoms with van der Waals surface area (Å²) in [6.45, 7) is 2.01. The highest BCUT2D eigenvalue weighted by Crippen LogP contribution is 2.30. The van der Waals surface area contributed by atoms with Crippen LogP contribution in [0.25, 0.3) is 0 Å². The summed E-state index contributed by atoms with van der Waals surface area (Å²) in [5.41, 5.74) is 4.75. The Balaban J connectivity index is 1.86. The predicted molar refractivity (Wildman–Crippen MR) is 81.5 cm³/mol. The van der Waals surface area contributed by atoms with Gasteiger partial charge in [-0.25, -0.2) is 4.39 Å². The highest BCUT2D eigenvalue weighted by atomic mass is 19.1. The smallest absolute Gasteiger partial charge is 0.128 e. The van der Waals surface area contributed by atoms with Crippen molar-refractivity contribution in [2.75, 3.05) is 5.32 Å². The van der Waals surface area contributed by atoms with E-state index < -0.39 is 0 Å². The minimum absolute atomic E-state index is 0.0235. The van der Waals surface area contributed by atoms with E-state index in [2.05, 4.69) is 23.5 Å². The quantitative estimate of drug-likeness (QED) is 0.837. The molecule has 0 aliphatic heterocycles. The summed E-state index contributed by atoms with van der Waals surface area (Å²) >= 11 is 0. The van der Waals surface area contributed by atoms with Crippen molar-refractivity contribution < 1.29 is 4.39 Å². The molecule has 0 heterocycles. The van der Waals surface area contributed by atoms with Crippen molar-refractivity contribution in [3.63, 3.8) is 0 Å². The highest BCUT2D eigenvalue weighted by Gasteiger charge is 2.15. The zero-order valence-corrected chi connectivity index (χ0v) is 11.8. The minimum atomic E-state index is -0.141. The van der Waals surface area contributed by atoms with Crippen LogP contribution in [-0.4, -0.2) is 0 Å². The van der Waals surface area contributed by atoms with E-state index in [-0.39, 0.29) is 11.9 Å². The van der Waals surface area contributed by atoms with E-state index in [1.54, 1.807) is 6.07 Å². The van der Waals surface area contributed by atoms with Crippen molar-refractivity contribution >= 4 is 5.69 Å². The van der Waals surface area contributed by atoms with E-state index >= 15 is 0 Å². The number of fused-ring (bicyclic) bond motifs is 1. The standard InChI is InChI=1S/C18H20FN/c1-13(15-9-4-5-11-17(15)19)20-18-12-6-8-14-7-2-3-10-16(14)18/h4-6,8-9,11-13,20H,2-3,7,10H2,1H3. The van der Waals surface area contributed by atoms with Crippen molar-refractivity contribution in [2.24, 2.45) is 0 Å². The van der Waals surface area contributed by atoms with Gasteiger partial charge in [-0.15, -0.1) is 0 Å². The molecule has 0 saturated heterocycles. The average Bonchev–Trinajstić information content (AvgIpc) is 2.48. The van der Waals surface area contributed by atoms with E-state index in [1.807, 2.05) is 19.1 Å². The van der Waals surface area contributed by atoms with E-state index in [0.717, 1.165) is 17.7 Å². The predicted octanol–water partition coefficient (Wildman–Crippen LogP) is 4.88. The number of rotatable bonds is 3. The van der Waals surface area contributed by atoms with Crippen LogP contribution in [-0.2, 0) is 12.8 Å². The maximum Gasteiger partial charge on any atom is 0.128 e. The molecule has 1 aliphatic carbocycles. The van der Waals surface area contributed by atoms with Crippen molar-refractivity contribution in [1.29, 1.82) is 0 Å². The molecule has 1 aliphatic rings.